The highest BCUT2D eigenvalue weighted by Gasteiger charge is 2.44. The molecule has 2 aliphatic rings. The van der Waals surface area contributed by atoms with Crippen LogP contribution in [0, 0.1) is 5.82 Å². The maximum absolute atomic E-state index is 13.5. The van der Waals surface area contributed by atoms with Gasteiger partial charge in [0.25, 0.3) is 0 Å². The van der Waals surface area contributed by atoms with Gasteiger partial charge in [0.1, 0.15) is 12.3 Å². The molecule has 2 saturated heterocycles. The second-order valence-corrected chi connectivity index (χ2v) is 6.57. The van der Waals surface area contributed by atoms with Crippen LogP contribution in [0.25, 0.3) is 0 Å². The van der Waals surface area contributed by atoms with Gasteiger partial charge in [-0.1, -0.05) is 0 Å². The predicted molar refractivity (Wildman–Crippen MR) is 82.4 cm³/mol. The molecule has 0 aliphatic carbocycles. The van der Waals surface area contributed by atoms with Crippen molar-refractivity contribution in [2.45, 2.75) is 44.8 Å². The van der Waals surface area contributed by atoms with Crippen molar-refractivity contribution >= 4 is 14.4 Å². The Kier molecular flexibility index (Phi) is 7.14. The summed E-state index contributed by atoms with van der Waals surface area (Å²) in [5, 5.41) is 0. The van der Waals surface area contributed by atoms with Gasteiger partial charge in [0, 0.05) is 6.42 Å². The average Bonchev–Trinajstić information content (AvgIpc) is 2.94. The first kappa shape index (κ1) is 20.1. The molecular weight excluding hydrogens is 366 g/mol. The van der Waals surface area contributed by atoms with Crippen molar-refractivity contribution in [1.82, 2.24) is 9.55 Å². The number of nitrogens with two attached hydrogens (primary N) is 1. The first-order valence-electron chi connectivity index (χ1n) is 7.43. The molecule has 1 aromatic heterocycles. The summed E-state index contributed by atoms with van der Waals surface area (Å²) >= 11 is 0. The van der Waals surface area contributed by atoms with Crippen LogP contribution in [0.3, 0.4) is 0 Å². The lowest BCUT2D eigenvalue weighted by Crippen LogP contribution is -2.32. The average molecular weight is 385 g/mol. The third-order valence-corrected chi connectivity index (χ3v) is 4.68. The van der Waals surface area contributed by atoms with Crippen LogP contribution in [0.4, 0.5) is 19.0 Å². The molecule has 3 rings (SSSR count). The van der Waals surface area contributed by atoms with Gasteiger partial charge < -0.3 is 24.0 Å². The highest BCUT2D eigenvalue weighted by molar-refractivity contribution is 7.41. The van der Waals surface area contributed by atoms with E-state index in [1.165, 1.54) is 0 Å². The second kappa shape index (κ2) is 8.91. The van der Waals surface area contributed by atoms with E-state index in [1.54, 1.807) is 0 Å². The summed E-state index contributed by atoms with van der Waals surface area (Å²) < 4.78 is 56.2. The SMILES string of the molecule is CC(C)OP1OCC2OC(n3cc(F)c(N)nc3=O)CC2O1.FCF. The lowest BCUT2D eigenvalue weighted by atomic mass is 10.2. The lowest BCUT2D eigenvalue weighted by molar-refractivity contribution is -0.0642. The zero-order valence-electron chi connectivity index (χ0n) is 13.6. The van der Waals surface area contributed by atoms with Crippen molar-refractivity contribution in [3.63, 3.8) is 0 Å². The van der Waals surface area contributed by atoms with Crippen LogP contribution in [-0.4, -0.2) is 41.4 Å². The Morgan fingerprint density at radius 1 is 1.48 bits per heavy atom. The van der Waals surface area contributed by atoms with E-state index in [0.29, 0.717) is 13.0 Å². The van der Waals surface area contributed by atoms with Crippen molar-refractivity contribution in [2.24, 2.45) is 0 Å². The molecule has 0 aromatic carbocycles. The van der Waals surface area contributed by atoms with Crippen molar-refractivity contribution < 1.29 is 31.5 Å². The zero-order chi connectivity index (χ0) is 18.6. The van der Waals surface area contributed by atoms with Crippen LogP contribution in [0.1, 0.15) is 26.5 Å². The second-order valence-electron chi connectivity index (χ2n) is 5.45. The molecule has 0 bridgehead atoms. The number of anilines is 1. The van der Waals surface area contributed by atoms with Gasteiger partial charge in [-0.15, -0.1) is 0 Å². The van der Waals surface area contributed by atoms with Crippen LogP contribution in [-0.2, 0) is 18.3 Å². The molecule has 2 N–H and O–H groups in total. The number of hydrogen-bond acceptors (Lipinski definition) is 7. The van der Waals surface area contributed by atoms with Crippen LogP contribution >= 0.6 is 8.60 Å². The van der Waals surface area contributed by atoms with Gasteiger partial charge in [-0.05, 0) is 13.8 Å². The van der Waals surface area contributed by atoms with Crippen LogP contribution in [0.5, 0.6) is 0 Å². The van der Waals surface area contributed by atoms with Gasteiger partial charge in [0.2, 0.25) is 6.93 Å². The first-order valence-corrected chi connectivity index (χ1v) is 8.53. The molecule has 2 aliphatic heterocycles. The monoisotopic (exact) mass is 385 g/mol. The fourth-order valence-corrected chi connectivity index (χ4v) is 3.53. The largest absolute Gasteiger partial charge is 0.381 e. The number of hydrogen-bond donors (Lipinski definition) is 1. The Labute approximate surface area is 143 Å². The smallest absolute Gasteiger partial charge is 0.351 e. The molecule has 0 spiro atoms. The Morgan fingerprint density at radius 2 is 2.16 bits per heavy atom. The van der Waals surface area contributed by atoms with Gasteiger partial charge in [-0.2, -0.15) is 4.98 Å². The van der Waals surface area contributed by atoms with E-state index in [2.05, 4.69) is 4.98 Å². The van der Waals surface area contributed by atoms with Gasteiger partial charge in [0.05, 0.1) is 25.0 Å². The van der Waals surface area contributed by atoms with Crippen molar-refractivity contribution in [3.8, 4) is 0 Å². The molecular formula is C13H19F3N3O5P. The third-order valence-electron chi connectivity index (χ3n) is 3.29. The van der Waals surface area contributed by atoms with E-state index >= 15 is 0 Å². The fraction of sp³-hybridized carbons (Fsp3) is 0.692. The molecule has 8 nitrogen and oxygen atoms in total. The summed E-state index contributed by atoms with van der Waals surface area (Å²) in [5.74, 6) is -1.19. The fourth-order valence-electron chi connectivity index (χ4n) is 2.30. The third kappa shape index (κ3) is 5.11. The highest BCUT2D eigenvalue weighted by Crippen LogP contribution is 2.50. The van der Waals surface area contributed by atoms with E-state index in [-0.39, 0.29) is 18.3 Å². The molecule has 4 atom stereocenters. The maximum atomic E-state index is 13.5. The summed E-state index contributed by atoms with van der Waals surface area (Å²) in [4.78, 5) is 15.3. The number of nitrogens with zero attached hydrogens (tertiary/aromatic N) is 2. The topological polar surface area (TPSA) is 97.8 Å². The number of nitrogen functional groups attached to an aromatic ring is 1. The summed E-state index contributed by atoms with van der Waals surface area (Å²) in [5.41, 5.74) is 4.61. The first-order chi connectivity index (χ1) is 11.8. The highest BCUT2D eigenvalue weighted by atomic mass is 31.2. The molecule has 2 fully saturated rings. The Hall–Kier alpha value is -1.26. The molecule has 0 saturated carbocycles. The van der Waals surface area contributed by atoms with Gasteiger partial charge in [0.15, 0.2) is 11.6 Å². The van der Waals surface area contributed by atoms with Gasteiger partial charge in [-0.3, -0.25) is 4.57 Å². The number of aromatic nitrogens is 2. The Bertz CT molecular complexity index is 635. The standard InChI is InChI=1S/C12H17FN3O5P.CH2F2/c1-6(2)20-22-18-5-9-8(21-22)3-10(19-9)16-4-7(13)11(14)15-12(16)17;2-1-3/h4,6,8-10H,3,5H2,1-2H3,(H2,14,15,17);1H2. The molecule has 142 valence electrons. The summed E-state index contributed by atoms with van der Waals surface area (Å²) in [6.45, 7) is 2.33. The molecule has 0 amide bonds. The minimum Gasteiger partial charge on any atom is -0.381 e. The maximum Gasteiger partial charge on any atom is 0.351 e. The van der Waals surface area contributed by atoms with Crippen LogP contribution in [0.15, 0.2) is 11.0 Å². The Balaban J connectivity index is 0.000000701. The minimum atomic E-state index is -1.75. The number of ether oxygens (including phenoxy) is 1. The molecule has 1 aromatic rings. The molecule has 3 heterocycles. The van der Waals surface area contributed by atoms with Gasteiger partial charge in [-0.25, -0.2) is 18.0 Å². The minimum absolute atomic E-state index is 0.0150. The quantitative estimate of drug-likeness (QED) is 0.797. The molecule has 4 unspecified atom stereocenters. The molecule has 25 heavy (non-hydrogen) atoms. The van der Waals surface area contributed by atoms with Crippen LogP contribution in [0.2, 0.25) is 0 Å². The van der Waals surface area contributed by atoms with Gasteiger partial charge >= 0.3 is 14.3 Å². The number of halogens is 3. The van der Waals surface area contributed by atoms with Crippen molar-refractivity contribution in [3.05, 3.63) is 22.5 Å². The summed E-state index contributed by atoms with van der Waals surface area (Å²) in [6, 6.07) is 0. The predicted octanol–water partition coefficient (Wildman–Crippen LogP) is 2.20. The molecule has 12 heteroatoms. The normalized spacial score (nSPS) is 28.4. The van der Waals surface area contributed by atoms with E-state index in [0.717, 1.165) is 10.8 Å². The van der Waals surface area contributed by atoms with Crippen molar-refractivity contribution in [2.75, 3.05) is 19.3 Å². The Morgan fingerprint density at radius 3 is 2.80 bits per heavy atom. The van der Waals surface area contributed by atoms with E-state index in [1.807, 2.05) is 13.8 Å². The van der Waals surface area contributed by atoms with E-state index < -0.39 is 39.1 Å². The number of alkyl halides is 2. The zero-order valence-corrected chi connectivity index (χ0v) is 14.5. The van der Waals surface area contributed by atoms with Crippen LogP contribution < -0.4 is 11.4 Å². The number of fused-ring (bicyclic) bond motifs is 1. The number of rotatable bonds is 3. The molecule has 0 radical (unpaired) electrons. The lowest BCUT2D eigenvalue weighted by Gasteiger charge is -2.30. The summed E-state index contributed by atoms with van der Waals surface area (Å²) in [7, 11) is -1.43. The van der Waals surface area contributed by atoms with Crippen molar-refractivity contribution in [1.29, 1.82) is 0 Å². The van der Waals surface area contributed by atoms with E-state index in [9.17, 15) is 18.0 Å². The summed E-state index contributed by atoms with van der Waals surface area (Å²) in [6.07, 6.45) is 0.116. The van der Waals surface area contributed by atoms with E-state index in [4.69, 9.17) is 24.0 Å².